The molecule has 7 rings (SSSR count). The van der Waals surface area contributed by atoms with Crippen molar-refractivity contribution in [2.45, 2.75) is 12.4 Å². The van der Waals surface area contributed by atoms with Crippen molar-refractivity contribution >= 4 is 102 Å². The molecule has 7 aromatic carbocycles. The van der Waals surface area contributed by atoms with Crippen LogP contribution >= 0.6 is 34.8 Å². The number of nitrogens with zero attached hydrogens (tertiary/aromatic N) is 4. The predicted octanol–water partition coefficient (Wildman–Crippen LogP) is 14.7. The molecule has 0 aliphatic rings. The summed E-state index contributed by atoms with van der Waals surface area (Å²) in [5.41, 5.74) is -2.92. The number of amides is 2. The minimum atomic E-state index is -4.64. The monoisotopic (exact) mass is 894 g/mol. The Balaban J connectivity index is 1.13. The number of anilines is 2. The number of rotatable bonds is 8. The van der Waals surface area contributed by atoms with E-state index >= 15 is 0 Å². The maximum atomic E-state index is 13.6. The smallest absolute Gasteiger partial charge is 0.416 e. The lowest BCUT2D eigenvalue weighted by atomic mass is 10.0. The van der Waals surface area contributed by atoms with Crippen molar-refractivity contribution < 1.29 is 46.1 Å². The zero-order valence-corrected chi connectivity index (χ0v) is 32.6. The number of carbonyl (C=O) groups is 2. The first-order valence-corrected chi connectivity index (χ1v) is 18.5. The van der Waals surface area contributed by atoms with Gasteiger partial charge in [-0.25, -0.2) is 0 Å². The number of aromatic hydroxyl groups is 2. The van der Waals surface area contributed by atoms with Gasteiger partial charge in [-0.2, -0.15) is 26.3 Å². The van der Waals surface area contributed by atoms with E-state index in [1.165, 1.54) is 30.3 Å². The highest BCUT2D eigenvalue weighted by Crippen LogP contribution is 2.43. The van der Waals surface area contributed by atoms with Crippen LogP contribution in [0.15, 0.2) is 136 Å². The molecule has 308 valence electrons. The van der Waals surface area contributed by atoms with Crippen LogP contribution in [0.25, 0.3) is 21.5 Å². The van der Waals surface area contributed by atoms with E-state index in [1.54, 1.807) is 48.5 Å². The van der Waals surface area contributed by atoms with Crippen LogP contribution in [0, 0.1) is 0 Å². The first-order chi connectivity index (χ1) is 28.9. The summed E-state index contributed by atoms with van der Waals surface area (Å²) in [6, 6.07) is 24.8. The molecule has 0 aromatic heterocycles. The van der Waals surface area contributed by atoms with Crippen molar-refractivity contribution in [2.24, 2.45) is 20.5 Å². The van der Waals surface area contributed by atoms with Crippen LogP contribution in [0.5, 0.6) is 11.5 Å². The summed E-state index contributed by atoms with van der Waals surface area (Å²) in [6.45, 7) is 0. The fourth-order valence-electron chi connectivity index (χ4n) is 6.00. The Morgan fingerprint density at radius 2 is 0.951 bits per heavy atom. The van der Waals surface area contributed by atoms with Gasteiger partial charge in [-0.1, -0.05) is 83.3 Å². The second kappa shape index (κ2) is 16.7. The molecule has 0 saturated heterocycles. The zero-order valence-electron chi connectivity index (χ0n) is 30.4. The summed E-state index contributed by atoms with van der Waals surface area (Å²) in [7, 11) is 0. The number of nitrogens with one attached hydrogen (secondary N) is 2. The molecule has 4 N–H and O–H groups in total. The maximum absolute atomic E-state index is 13.6. The number of halogens is 9. The Morgan fingerprint density at radius 3 is 1.38 bits per heavy atom. The molecule has 0 radical (unpaired) electrons. The highest BCUT2D eigenvalue weighted by atomic mass is 35.5. The fraction of sp³-hybridized carbons (Fsp3) is 0.0476. The minimum absolute atomic E-state index is 0.0510. The summed E-state index contributed by atoms with van der Waals surface area (Å²) in [5, 5.41) is 44.5. The summed E-state index contributed by atoms with van der Waals surface area (Å²) in [4.78, 5) is 27.2. The Labute approximate surface area is 354 Å². The van der Waals surface area contributed by atoms with E-state index in [1.807, 2.05) is 0 Å². The second-order valence-electron chi connectivity index (χ2n) is 13.0. The third-order valence-electron chi connectivity index (χ3n) is 9.02. The van der Waals surface area contributed by atoms with Gasteiger partial charge in [0.2, 0.25) is 0 Å². The standard InChI is InChI=1S/C42H23Cl3F6N6O4/c43-29-17-22(41(46,47)48)9-12-33(29)54-56-35-25-7-3-1-5-20(25)15-27(37(35)58)39(60)52-24-11-14-32(31(45)19-24)53-40(61)28-16-21-6-2-4-8-26(21)36(38(28)59)57-55-34-13-10-23(18-30(34)44)42(49,50)51/h1-19,58-59H,(H,52,60)(H,53,61). The van der Waals surface area contributed by atoms with Crippen molar-refractivity contribution in [1.29, 1.82) is 0 Å². The molecule has 0 unspecified atom stereocenters. The van der Waals surface area contributed by atoms with Crippen LogP contribution in [0.3, 0.4) is 0 Å². The second-order valence-corrected chi connectivity index (χ2v) is 14.2. The maximum Gasteiger partial charge on any atom is 0.416 e. The van der Waals surface area contributed by atoms with Gasteiger partial charge in [-0.15, -0.1) is 20.5 Å². The number of carbonyl (C=O) groups excluding carboxylic acids is 2. The van der Waals surface area contributed by atoms with E-state index in [0.717, 1.165) is 24.3 Å². The van der Waals surface area contributed by atoms with Crippen LogP contribution in [0.2, 0.25) is 15.1 Å². The number of phenols is 2. The lowest BCUT2D eigenvalue weighted by Gasteiger charge is -2.14. The van der Waals surface area contributed by atoms with Crippen LogP contribution in [0.4, 0.5) is 60.5 Å². The van der Waals surface area contributed by atoms with E-state index in [-0.39, 0.29) is 60.3 Å². The van der Waals surface area contributed by atoms with Gasteiger partial charge in [0.25, 0.3) is 11.8 Å². The predicted molar refractivity (Wildman–Crippen MR) is 220 cm³/mol. The third-order valence-corrected chi connectivity index (χ3v) is 9.94. The van der Waals surface area contributed by atoms with E-state index < -0.39 is 46.8 Å². The summed E-state index contributed by atoms with van der Waals surface area (Å²) in [6.07, 6.45) is -9.28. The normalized spacial score (nSPS) is 12.1. The lowest BCUT2D eigenvalue weighted by Crippen LogP contribution is -2.14. The van der Waals surface area contributed by atoms with E-state index in [2.05, 4.69) is 31.1 Å². The van der Waals surface area contributed by atoms with Crippen molar-refractivity contribution in [3.63, 3.8) is 0 Å². The van der Waals surface area contributed by atoms with Gasteiger partial charge in [-0.05, 0) is 77.5 Å². The lowest BCUT2D eigenvalue weighted by molar-refractivity contribution is -0.138. The Kier molecular flexibility index (Phi) is 11.6. The number of hydrogen-bond acceptors (Lipinski definition) is 8. The van der Waals surface area contributed by atoms with Crippen molar-refractivity contribution in [3.8, 4) is 11.5 Å². The average Bonchev–Trinajstić information content (AvgIpc) is 3.20. The van der Waals surface area contributed by atoms with E-state index in [0.29, 0.717) is 33.7 Å². The molecule has 10 nitrogen and oxygen atoms in total. The number of phenolic OH excluding ortho intramolecular Hbond substituents is 2. The van der Waals surface area contributed by atoms with Crippen molar-refractivity contribution in [1.82, 2.24) is 0 Å². The number of benzene rings is 7. The quantitative estimate of drug-likeness (QED) is 0.0888. The molecule has 0 aliphatic heterocycles. The van der Waals surface area contributed by atoms with Gasteiger partial charge < -0.3 is 20.8 Å². The minimum Gasteiger partial charge on any atom is -0.505 e. The third kappa shape index (κ3) is 9.06. The summed E-state index contributed by atoms with van der Waals surface area (Å²) in [5.74, 6) is -2.87. The molecule has 19 heteroatoms. The first-order valence-electron chi connectivity index (χ1n) is 17.4. The van der Waals surface area contributed by atoms with Gasteiger partial charge in [0.05, 0.1) is 43.0 Å². The molecule has 0 saturated carbocycles. The molecule has 0 atom stereocenters. The van der Waals surface area contributed by atoms with Crippen LogP contribution in [-0.4, -0.2) is 22.0 Å². The molecule has 0 aliphatic carbocycles. The van der Waals surface area contributed by atoms with Crippen LogP contribution in [0.1, 0.15) is 31.8 Å². The SMILES string of the molecule is O=C(Nc1ccc(NC(=O)c2cc3ccccc3c(N=Nc3ccc(C(F)(F)F)cc3Cl)c2O)c(Cl)c1)c1cc2ccccc2c(N=Nc2ccc(C(F)(F)F)cc2Cl)c1O. The summed E-state index contributed by atoms with van der Waals surface area (Å²) >= 11 is 18.6. The van der Waals surface area contributed by atoms with E-state index in [4.69, 9.17) is 34.8 Å². The number of fused-ring (bicyclic) bond motifs is 2. The van der Waals surface area contributed by atoms with Gasteiger partial charge >= 0.3 is 12.4 Å². The molecule has 2 amide bonds. The first kappa shape index (κ1) is 42.4. The molecule has 0 fully saturated rings. The molecule has 0 heterocycles. The molecular formula is C42H23Cl3F6N6O4. The molecule has 61 heavy (non-hydrogen) atoms. The van der Waals surface area contributed by atoms with Crippen LogP contribution < -0.4 is 10.6 Å². The highest BCUT2D eigenvalue weighted by Gasteiger charge is 2.32. The van der Waals surface area contributed by atoms with Gasteiger partial charge in [-0.3, -0.25) is 9.59 Å². The zero-order chi connectivity index (χ0) is 43.8. The molecular weight excluding hydrogens is 873 g/mol. The largest absolute Gasteiger partial charge is 0.505 e. The number of hydrogen-bond donors (Lipinski definition) is 4. The highest BCUT2D eigenvalue weighted by molar-refractivity contribution is 6.34. The van der Waals surface area contributed by atoms with Crippen LogP contribution in [-0.2, 0) is 12.4 Å². The Bertz CT molecular complexity index is 2980. The average molecular weight is 896 g/mol. The van der Waals surface area contributed by atoms with Gasteiger partial charge in [0.1, 0.15) is 22.7 Å². The summed E-state index contributed by atoms with van der Waals surface area (Å²) < 4.78 is 78.8. The van der Waals surface area contributed by atoms with E-state index in [9.17, 15) is 46.1 Å². The fourth-order valence-corrected chi connectivity index (χ4v) is 6.67. The van der Waals surface area contributed by atoms with Gasteiger partial charge in [0, 0.05) is 16.5 Å². The Hall–Kier alpha value is -6.75. The Morgan fingerprint density at radius 1 is 0.508 bits per heavy atom. The van der Waals surface area contributed by atoms with Crippen molar-refractivity contribution in [3.05, 3.63) is 153 Å². The van der Waals surface area contributed by atoms with Crippen molar-refractivity contribution in [2.75, 3.05) is 10.6 Å². The molecule has 0 bridgehead atoms. The molecule has 7 aromatic rings. The van der Waals surface area contributed by atoms with Gasteiger partial charge in [0.15, 0.2) is 11.5 Å². The molecule has 0 spiro atoms. The number of azo groups is 2. The topological polar surface area (TPSA) is 148 Å². The number of alkyl halides is 6.